The van der Waals surface area contributed by atoms with Gasteiger partial charge in [-0.2, -0.15) is 0 Å². The third-order valence-electron chi connectivity index (χ3n) is 3.66. The highest BCUT2D eigenvalue weighted by atomic mass is 32.1. The maximum absolute atomic E-state index is 3.51. The van der Waals surface area contributed by atoms with Crippen LogP contribution in [0.15, 0.2) is 17.5 Å². The third-order valence-corrected chi connectivity index (χ3v) is 4.66. The number of rotatable bonds is 1. The number of hydrogen-bond donors (Lipinski definition) is 1. The lowest BCUT2D eigenvalue weighted by Gasteiger charge is -2.47. The van der Waals surface area contributed by atoms with E-state index in [1.54, 1.807) is 4.88 Å². The number of hydrogen-bond acceptors (Lipinski definition) is 2. The molecule has 13 heavy (non-hydrogen) atoms. The lowest BCUT2D eigenvalue weighted by molar-refractivity contribution is 0.0954. The maximum atomic E-state index is 3.51. The molecule has 0 aromatic carbocycles. The monoisotopic (exact) mass is 193 g/mol. The molecule has 0 unspecified atom stereocenters. The van der Waals surface area contributed by atoms with Gasteiger partial charge in [-0.25, -0.2) is 0 Å². The topological polar surface area (TPSA) is 12.0 Å². The van der Waals surface area contributed by atoms with Crippen LogP contribution in [-0.4, -0.2) is 13.1 Å². The predicted molar refractivity (Wildman–Crippen MR) is 56.1 cm³/mol. The van der Waals surface area contributed by atoms with Crippen molar-refractivity contribution in [3.8, 4) is 0 Å². The summed E-state index contributed by atoms with van der Waals surface area (Å²) >= 11 is 1.93. The molecule has 1 aromatic rings. The van der Waals surface area contributed by atoms with Crippen molar-refractivity contribution in [2.45, 2.75) is 18.8 Å². The second-order valence-corrected chi connectivity index (χ2v) is 5.25. The van der Waals surface area contributed by atoms with E-state index in [-0.39, 0.29) is 0 Å². The van der Waals surface area contributed by atoms with Crippen LogP contribution in [-0.2, 0) is 0 Å². The molecule has 0 spiro atoms. The zero-order valence-corrected chi connectivity index (χ0v) is 8.52. The molecule has 1 saturated heterocycles. The first-order valence-electron chi connectivity index (χ1n) is 5.19. The fourth-order valence-electron chi connectivity index (χ4n) is 2.83. The number of fused-ring (bicyclic) bond motifs is 1. The lowest BCUT2D eigenvalue weighted by Crippen LogP contribution is -2.47. The van der Waals surface area contributed by atoms with Crippen molar-refractivity contribution in [1.82, 2.24) is 5.32 Å². The van der Waals surface area contributed by atoms with Crippen LogP contribution in [0.25, 0.3) is 0 Å². The minimum absolute atomic E-state index is 0.887. The molecule has 1 aromatic heterocycles. The van der Waals surface area contributed by atoms with Gasteiger partial charge >= 0.3 is 0 Å². The lowest BCUT2D eigenvalue weighted by atomic mass is 9.61. The van der Waals surface area contributed by atoms with Crippen LogP contribution in [0.1, 0.15) is 23.6 Å². The van der Waals surface area contributed by atoms with Crippen molar-refractivity contribution in [1.29, 1.82) is 0 Å². The predicted octanol–water partition coefficient (Wildman–Crippen LogP) is 2.46. The number of nitrogens with one attached hydrogen (secondary N) is 1. The van der Waals surface area contributed by atoms with Gasteiger partial charge in [0.25, 0.3) is 0 Å². The minimum atomic E-state index is 0.887. The Balaban J connectivity index is 1.75. The fourth-order valence-corrected chi connectivity index (χ4v) is 3.75. The molecule has 1 saturated carbocycles. The molecule has 1 aliphatic heterocycles. The summed E-state index contributed by atoms with van der Waals surface area (Å²) in [6, 6.07) is 4.49. The molecule has 1 N–H and O–H groups in total. The van der Waals surface area contributed by atoms with Crippen LogP contribution in [0.5, 0.6) is 0 Å². The Hall–Kier alpha value is -0.340. The fraction of sp³-hybridized carbons (Fsp3) is 0.636. The molecule has 2 heterocycles. The van der Waals surface area contributed by atoms with Crippen LogP contribution in [0.3, 0.4) is 0 Å². The zero-order chi connectivity index (χ0) is 8.67. The van der Waals surface area contributed by atoms with Gasteiger partial charge in [-0.3, -0.25) is 0 Å². The van der Waals surface area contributed by atoms with E-state index in [2.05, 4.69) is 22.8 Å². The van der Waals surface area contributed by atoms with Crippen molar-refractivity contribution in [2.24, 2.45) is 11.8 Å². The molecule has 0 amide bonds. The number of piperidine rings is 1. The van der Waals surface area contributed by atoms with Gasteiger partial charge in [0.1, 0.15) is 0 Å². The van der Waals surface area contributed by atoms with E-state index in [1.165, 1.54) is 25.9 Å². The van der Waals surface area contributed by atoms with Gasteiger partial charge in [-0.05, 0) is 55.1 Å². The Morgan fingerprint density at radius 3 is 3.23 bits per heavy atom. The smallest absolute Gasteiger partial charge is 0.00796 e. The third kappa shape index (κ3) is 1.24. The highest BCUT2D eigenvalue weighted by Gasteiger charge is 2.42. The average molecular weight is 193 g/mol. The van der Waals surface area contributed by atoms with Crippen LogP contribution in [0, 0.1) is 11.8 Å². The summed E-state index contributed by atoms with van der Waals surface area (Å²) in [4.78, 5) is 1.62. The van der Waals surface area contributed by atoms with E-state index in [0.29, 0.717) is 0 Å². The summed E-state index contributed by atoms with van der Waals surface area (Å²) in [5.74, 6) is 2.87. The van der Waals surface area contributed by atoms with Crippen LogP contribution in [0.4, 0.5) is 0 Å². The zero-order valence-electron chi connectivity index (χ0n) is 7.70. The SMILES string of the molecule is c1csc([C@H]2C[C@@H]3CCNC[C@@H]32)c1. The van der Waals surface area contributed by atoms with Gasteiger partial charge in [0, 0.05) is 4.88 Å². The normalized spacial score (nSPS) is 38.0. The summed E-state index contributed by atoms with van der Waals surface area (Å²) in [5.41, 5.74) is 0. The second kappa shape index (κ2) is 3.10. The maximum Gasteiger partial charge on any atom is 0.00796 e. The summed E-state index contributed by atoms with van der Waals surface area (Å²) in [7, 11) is 0. The quantitative estimate of drug-likeness (QED) is 0.722. The van der Waals surface area contributed by atoms with Crippen LogP contribution in [0.2, 0.25) is 0 Å². The summed E-state index contributed by atoms with van der Waals surface area (Å²) in [5, 5.41) is 5.72. The first kappa shape index (κ1) is 8.01. The van der Waals surface area contributed by atoms with Gasteiger partial charge in [-0.1, -0.05) is 6.07 Å². The van der Waals surface area contributed by atoms with E-state index in [4.69, 9.17) is 0 Å². The molecular weight excluding hydrogens is 178 g/mol. The Bertz CT molecular complexity index is 280. The average Bonchev–Trinajstić information content (AvgIpc) is 2.60. The van der Waals surface area contributed by atoms with Crippen molar-refractivity contribution in [3.63, 3.8) is 0 Å². The molecule has 2 heteroatoms. The Labute approximate surface area is 83.2 Å². The highest BCUT2D eigenvalue weighted by molar-refractivity contribution is 7.10. The molecule has 1 aliphatic carbocycles. The van der Waals surface area contributed by atoms with Gasteiger partial charge in [0.05, 0.1) is 0 Å². The molecule has 3 rings (SSSR count). The minimum Gasteiger partial charge on any atom is -0.316 e. The molecule has 0 radical (unpaired) electrons. The summed E-state index contributed by atoms with van der Waals surface area (Å²) in [6.45, 7) is 2.51. The molecule has 2 fully saturated rings. The Morgan fingerprint density at radius 2 is 2.46 bits per heavy atom. The molecule has 0 bridgehead atoms. The summed E-state index contributed by atoms with van der Waals surface area (Å²) in [6.07, 6.45) is 2.86. The van der Waals surface area contributed by atoms with E-state index in [0.717, 1.165) is 17.8 Å². The van der Waals surface area contributed by atoms with Gasteiger partial charge < -0.3 is 5.32 Å². The molecule has 3 atom stereocenters. The molecule has 1 nitrogen and oxygen atoms in total. The van der Waals surface area contributed by atoms with Gasteiger partial charge in [-0.15, -0.1) is 11.3 Å². The van der Waals surface area contributed by atoms with Crippen molar-refractivity contribution < 1.29 is 0 Å². The van der Waals surface area contributed by atoms with Crippen LogP contribution < -0.4 is 5.32 Å². The summed E-state index contributed by atoms with van der Waals surface area (Å²) < 4.78 is 0. The molecule has 70 valence electrons. The van der Waals surface area contributed by atoms with E-state index in [9.17, 15) is 0 Å². The Morgan fingerprint density at radius 1 is 1.46 bits per heavy atom. The Kier molecular flexibility index (Phi) is 1.91. The van der Waals surface area contributed by atoms with E-state index in [1.807, 2.05) is 11.3 Å². The van der Waals surface area contributed by atoms with Crippen molar-refractivity contribution in [3.05, 3.63) is 22.4 Å². The van der Waals surface area contributed by atoms with E-state index >= 15 is 0 Å². The van der Waals surface area contributed by atoms with Crippen molar-refractivity contribution in [2.75, 3.05) is 13.1 Å². The van der Waals surface area contributed by atoms with Crippen molar-refractivity contribution >= 4 is 11.3 Å². The largest absolute Gasteiger partial charge is 0.316 e. The second-order valence-electron chi connectivity index (χ2n) is 4.27. The molecule has 2 aliphatic rings. The highest BCUT2D eigenvalue weighted by Crippen LogP contribution is 2.50. The van der Waals surface area contributed by atoms with Gasteiger partial charge in [0.2, 0.25) is 0 Å². The first-order valence-corrected chi connectivity index (χ1v) is 6.07. The van der Waals surface area contributed by atoms with Gasteiger partial charge in [0.15, 0.2) is 0 Å². The first-order chi connectivity index (χ1) is 6.45. The van der Waals surface area contributed by atoms with E-state index < -0.39 is 0 Å². The molecular formula is C11H15NS. The standard InChI is InChI=1S/C11H15NS/c1-2-11(13-5-1)9-6-8-3-4-12-7-10(8)9/h1-2,5,8-10,12H,3-4,6-7H2/t8-,9-,10-/m0/s1. The number of thiophene rings is 1. The van der Waals surface area contributed by atoms with Crippen LogP contribution >= 0.6 is 11.3 Å².